The Morgan fingerprint density at radius 1 is 1.29 bits per heavy atom. The Morgan fingerprint density at radius 3 is 2.71 bits per heavy atom. The SMILES string of the molecule is O=C(NC[C@H]1CCCN1S(=O)(=O)c1cccs1)c1ccc(F)cc1. The van der Waals surface area contributed by atoms with Crippen molar-refractivity contribution in [1.29, 1.82) is 0 Å². The molecule has 1 aromatic carbocycles. The van der Waals surface area contributed by atoms with Gasteiger partial charge in [0.05, 0.1) is 0 Å². The smallest absolute Gasteiger partial charge is 0.252 e. The van der Waals surface area contributed by atoms with Gasteiger partial charge in [-0.25, -0.2) is 12.8 Å². The number of carbonyl (C=O) groups excluding carboxylic acids is 1. The van der Waals surface area contributed by atoms with Gasteiger partial charge in [-0.15, -0.1) is 11.3 Å². The highest BCUT2D eigenvalue weighted by molar-refractivity contribution is 7.91. The van der Waals surface area contributed by atoms with Crippen LogP contribution < -0.4 is 5.32 Å². The highest BCUT2D eigenvalue weighted by atomic mass is 32.2. The number of thiophene rings is 1. The Balaban J connectivity index is 1.66. The summed E-state index contributed by atoms with van der Waals surface area (Å²) in [5, 5.41) is 4.47. The van der Waals surface area contributed by atoms with Crippen LogP contribution in [0, 0.1) is 5.82 Å². The molecule has 0 spiro atoms. The molecule has 1 atom stereocenters. The van der Waals surface area contributed by atoms with E-state index in [4.69, 9.17) is 0 Å². The molecular weight excluding hydrogens is 351 g/mol. The molecule has 1 aliphatic heterocycles. The van der Waals surface area contributed by atoms with Crippen LogP contribution in [-0.2, 0) is 10.0 Å². The van der Waals surface area contributed by atoms with Crippen LogP contribution in [0.3, 0.4) is 0 Å². The first-order valence-corrected chi connectivity index (χ1v) is 9.89. The standard InChI is InChI=1S/C16H17FN2O3S2/c17-13-7-5-12(6-8-13)16(20)18-11-14-3-1-9-19(14)24(21,22)15-4-2-10-23-15/h2,4-8,10,14H,1,3,9,11H2,(H,18,20)/t14-/m1/s1. The van der Waals surface area contributed by atoms with Gasteiger partial charge in [-0.05, 0) is 48.6 Å². The first-order valence-electron chi connectivity index (χ1n) is 7.57. The number of rotatable bonds is 5. The quantitative estimate of drug-likeness (QED) is 0.882. The second-order valence-electron chi connectivity index (χ2n) is 5.56. The molecule has 1 aliphatic rings. The van der Waals surface area contributed by atoms with E-state index in [9.17, 15) is 17.6 Å². The van der Waals surface area contributed by atoms with Gasteiger partial charge in [0.15, 0.2) is 0 Å². The summed E-state index contributed by atoms with van der Waals surface area (Å²) in [5.41, 5.74) is 0.349. The summed E-state index contributed by atoms with van der Waals surface area (Å²) >= 11 is 1.19. The fourth-order valence-corrected chi connectivity index (χ4v) is 5.58. The van der Waals surface area contributed by atoms with Gasteiger partial charge in [0, 0.05) is 24.7 Å². The number of carbonyl (C=O) groups is 1. The minimum absolute atomic E-state index is 0.237. The van der Waals surface area contributed by atoms with E-state index >= 15 is 0 Å². The van der Waals surface area contributed by atoms with E-state index in [1.165, 1.54) is 39.9 Å². The summed E-state index contributed by atoms with van der Waals surface area (Å²) in [6.45, 7) is 0.693. The van der Waals surface area contributed by atoms with Crippen molar-refractivity contribution in [2.45, 2.75) is 23.1 Å². The average Bonchev–Trinajstić information content (AvgIpc) is 3.25. The lowest BCUT2D eigenvalue weighted by Gasteiger charge is -2.23. The maximum atomic E-state index is 12.9. The molecule has 128 valence electrons. The number of benzene rings is 1. The highest BCUT2D eigenvalue weighted by Crippen LogP contribution is 2.28. The molecule has 1 aromatic heterocycles. The Morgan fingerprint density at radius 2 is 2.04 bits per heavy atom. The third kappa shape index (κ3) is 3.50. The van der Waals surface area contributed by atoms with E-state index in [0.717, 1.165) is 6.42 Å². The minimum atomic E-state index is -3.51. The molecule has 2 aromatic rings. The van der Waals surface area contributed by atoms with Gasteiger partial charge in [-0.2, -0.15) is 4.31 Å². The number of nitrogens with zero attached hydrogens (tertiary/aromatic N) is 1. The predicted octanol–water partition coefficient (Wildman–Crippen LogP) is 2.47. The molecule has 0 radical (unpaired) electrons. The van der Waals surface area contributed by atoms with Crippen LogP contribution in [0.1, 0.15) is 23.2 Å². The lowest BCUT2D eigenvalue weighted by molar-refractivity contribution is 0.0946. The Labute approximate surface area is 144 Å². The molecule has 0 unspecified atom stereocenters. The molecule has 3 rings (SSSR count). The van der Waals surface area contributed by atoms with E-state index in [-0.39, 0.29) is 18.5 Å². The molecule has 1 N–H and O–H groups in total. The van der Waals surface area contributed by atoms with Crippen molar-refractivity contribution >= 4 is 27.3 Å². The minimum Gasteiger partial charge on any atom is -0.350 e. The van der Waals surface area contributed by atoms with E-state index < -0.39 is 15.8 Å². The Hall–Kier alpha value is -1.77. The first kappa shape index (κ1) is 17.1. The summed E-state index contributed by atoms with van der Waals surface area (Å²) in [7, 11) is -3.51. The zero-order valence-electron chi connectivity index (χ0n) is 12.8. The number of amides is 1. The van der Waals surface area contributed by atoms with Crippen molar-refractivity contribution in [2.24, 2.45) is 0 Å². The van der Waals surface area contributed by atoms with Crippen molar-refractivity contribution in [3.05, 3.63) is 53.2 Å². The number of halogens is 1. The fourth-order valence-electron chi connectivity index (χ4n) is 2.77. The molecule has 2 heterocycles. The van der Waals surface area contributed by atoms with Crippen LogP contribution in [0.25, 0.3) is 0 Å². The van der Waals surface area contributed by atoms with Gasteiger partial charge in [0.2, 0.25) is 0 Å². The number of nitrogens with one attached hydrogen (secondary N) is 1. The second-order valence-corrected chi connectivity index (χ2v) is 8.63. The summed E-state index contributed by atoms with van der Waals surface area (Å²) in [5.74, 6) is -0.745. The molecule has 5 nitrogen and oxygen atoms in total. The normalized spacial score (nSPS) is 18.6. The number of hydrogen-bond acceptors (Lipinski definition) is 4. The molecule has 0 bridgehead atoms. The third-order valence-electron chi connectivity index (χ3n) is 3.99. The molecule has 1 saturated heterocycles. The topological polar surface area (TPSA) is 66.5 Å². The number of sulfonamides is 1. The lowest BCUT2D eigenvalue weighted by Crippen LogP contribution is -2.42. The van der Waals surface area contributed by atoms with Gasteiger partial charge in [0.25, 0.3) is 15.9 Å². The van der Waals surface area contributed by atoms with Gasteiger partial charge in [0.1, 0.15) is 10.0 Å². The van der Waals surface area contributed by atoms with Gasteiger partial charge < -0.3 is 5.32 Å². The van der Waals surface area contributed by atoms with Gasteiger partial charge >= 0.3 is 0 Å². The predicted molar refractivity (Wildman–Crippen MR) is 90.0 cm³/mol. The Kier molecular flexibility index (Phi) is 4.98. The van der Waals surface area contributed by atoms with Crippen LogP contribution in [0.2, 0.25) is 0 Å². The van der Waals surface area contributed by atoms with Crippen LogP contribution in [0.15, 0.2) is 46.0 Å². The van der Waals surface area contributed by atoms with Crippen LogP contribution in [0.4, 0.5) is 4.39 Å². The first-order chi connectivity index (χ1) is 11.5. The van der Waals surface area contributed by atoms with Crippen molar-refractivity contribution in [2.75, 3.05) is 13.1 Å². The largest absolute Gasteiger partial charge is 0.350 e. The molecule has 8 heteroatoms. The monoisotopic (exact) mass is 368 g/mol. The van der Waals surface area contributed by atoms with E-state index in [1.54, 1.807) is 17.5 Å². The highest BCUT2D eigenvalue weighted by Gasteiger charge is 2.35. The summed E-state index contributed by atoms with van der Waals surface area (Å²) in [6, 6.07) is 8.28. The molecule has 1 amide bonds. The lowest BCUT2D eigenvalue weighted by atomic mass is 10.2. The summed E-state index contributed by atoms with van der Waals surface area (Å²) in [4.78, 5) is 12.1. The molecule has 24 heavy (non-hydrogen) atoms. The van der Waals surface area contributed by atoms with Gasteiger partial charge in [-0.3, -0.25) is 4.79 Å². The molecule has 0 aliphatic carbocycles. The summed E-state index contributed by atoms with van der Waals surface area (Å²) in [6.07, 6.45) is 1.47. The second kappa shape index (κ2) is 7.00. The van der Waals surface area contributed by atoms with E-state index in [0.29, 0.717) is 22.7 Å². The maximum Gasteiger partial charge on any atom is 0.252 e. The summed E-state index contributed by atoms with van der Waals surface area (Å²) < 4.78 is 40.0. The number of hydrogen-bond donors (Lipinski definition) is 1. The van der Waals surface area contributed by atoms with Crippen molar-refractivity contribution in [1.82, 2.24) is 9.62 Å². The van der Waals surface area contributed by atoms with Crippen molar-refractivity contribution in [3.63, 3.8) is 0 Å². The maximum absolute atomic E-state index is 12.9. The molecule has 0 saturated carbocycles. The van der Waals surface area contributed by atoms with Gasteiger partial charge in [-0.1, -0.05) is 6.07 Å². The zero-order valence-corrected chi connectivity index (χ0v) is 14.4. The zero-order chi connectivity index (χ0) is 17.2. The van der Waals surface area contributed by atoms with E-state index in [1.807, 2.05) is 0 Å². The van der Waals surface area contributed by atoms with E-state index in [2.05, 4.69) is 5.32 Å². The van der Waals surface area contributed by atoms with Crippen LogP contribution in [0.5, 0.6) is 0 Å². The Bertz CT molecular complexity index is 804. The fraction of sp³-hybridized carbons (Fsp3) is 0.312. The van der Waals surface area contributed by atoms with Crippen molar-refractivity contribution < 1.29 is 17.6 Å². The van der Waals surface area contributed by atoms with Crippen LogP contribution >= 0.6 is 11.3 Å². The molecular formula is C16H17FN2O3S2. The van der Waals surface area contributed by atoms with Crippen LogP contribution in [-0.4, -0.2) is 37.8 Å². The molecule has 1 fully saturated rings. The van der Waals surface area contributed by atoms with Crippen molar-refractivity contribution in [3.8, 4) is 0 Å². The third-order valence-corrected chi connectivity index (χ3v) is 7.31. The average molecular weight is 368 g/mol.